The monoisotopic (exact) mass is 221 g/mol. The first-order chi connectivity index (χ1) is 7.61. The van der Waals surface area contributed by atoms with Crippen LogP contribution in [-0.4, -0.2) is 36.6 Å². The van der Waals surface area contributed by atoms with E-state index in [4.69, 9.17) is 0 Å². The highest BCUT2D eigenvalue weighted by molar-refractivity contribution is 5.09. The number of nitrogens with zero attached hydrogens (tertiary/aromatic N) is 2. The van der Waals surface area contributed by atoms with Gasteiger partial charge in [0.1, 0.15) is 0 Å². The molecule has 1 rings (SSSR count). The maximum absolute atomic E-state index is 4.50. The maximum atomic E-state index is 4.50. The van der Waals surface area contributed by atoms with Gasteiger partial charge in [-0.15, -0.1) is 0 Å². The van der Waals surface area contributed by atoms with Gasteiger partial charge in [-0.2, -0.15) is 0 Å². The fourth-order valence-corrected chi connectivity index (χ4v) is 1.60. The lowest BCUT2D eigenvalue weighted by atomic mass is 10.2. The number of aromatic nitrogens is 1. The van der Waals surface area contributed by atoms with Gasteiger partial charge in [-0.25, -0.2) is 0 Å². The van der Waals surface area contributed by atoms with E-state index in [1.807, 2.05) is 20.0 Å². The number of nitrogens with one attached hydrogen (secondary N) is 1. The van der Waals surface area contributed by atoms with Crippen LogP contribution in [0.3, 0.4) is 0 Å². The Labute approximate surface area is 98.9 Å². The SMILES string of the molecule is CNC(C)CCN(C)Cc1cccc(C)n1. The Kier molecular flexibility index (Phi) is 5.43. The van der Waals surface area contributed by atoms with Gasteiger partial charge in [-0.05, 0) is 53.0 Å². The molecule has 0 amide bonds. The van der Waals surface area contributed by atoms with Crippen molar-refractivity contribution in [2.75, 3.05) is 20.6 Å². The van der Waals surface area contributed by atoms with E-state index >= 15 is 0 Å². The second-order valence-electron chi connectivity index (χ2n) is 4.49. The third kappa shape index (κ3) is 4.73. The van der Waals surface area contributed by atoms with Gasteiger partial charge in [0.15, 0.2) is 0 Å². The van der Waals surface area contributed by atoms with Gasteiger partial charge in [0.05, 0.1) is 5.69 Å². The van der Waals surface area contributed by atoms with Crippen LogP contribution in [0.5, 0.6) is 0 Å². The summed E-state index contributed by atoms with van der Waals surface area (Å²) in [6.07, 6.45) is 1.17. The van der Waals surface area contributed by atoms with Crippen molar-refractivity contribution in [3.8, 4) is 0 Å². The average molecular weight is 221 g/mol. The highest BCUT2D eigenvalue weighted by Gasteiger charge is 2.04. The van der Waals surface area contributed by atoms with Crippen molar-refractivity contribution in [2.45, 2.75) is 32.9 Å². The minimum Gasteiger partial charge on any atom is -0.317 e. The van der Waals surface area contributed by atoms with Gasteiger partial charge < -0.3 is 10.2 Å². The Morgan fingerprint density at radius 3 is 2.81 bits per heavy atom. The summed E-state index contributed by atoms with van der Waals surface area (Å²) in [7, 11) is 4.15. The summed E-state index contributed by atoms with van der Waals surface area (Å²) in [6.45, 7) is 6.26. The fourth-order valence-electron chi connectivity index (χ4n) is 1.60. The van der Waals surface area contributed by atoms with E-state index < -0.39 is 0 Å². The van der Waals surface area contributed by atoms with Gasteiger partial charge >= 0.3 is 0 Å². The van der Waals surface area contributed by atoms with E-state index in [2.05, 4.69) is 41.3 Å². The standard InChI is InChI=1S/C13H23N3/c1-11(14-3)8-9-16(4)10-13-7-5-6-12(2)15-13/h5-7,11,14H,8-10H2,1-4H3. The zero-order valence-electron chi connectivity index (χ0n) is 10.8. The zero-order valence-corrected chi connectivity index (χ0v) is 10.8. The molecule has 0 spiro atoms. The highest BCUT2D eigenvalue weighted by atomic mass is 15.1. The summed E-state index contributed by atoms with van der Waals surface area (Å²) in [6, 6.07) is 6.77. The van der Waals surface area contributed by atoms with E-state index in [0.717, 1.165) is 24.5 Å². The van der Waals surface area contributed by atoms with Gasteiger partial charge in [0.2, 0.25) is 0 Å². The van der Waals surface area contributed by atoms with Crippen LogP contribution in [0.25, 0.3) is 0 Å². The normalized spacial score (nSPS) is 13.1. The molecule has 0 saturated heterocycles. The minimum absolute atomic E-state index is 0.577. The molecule has 0 radical (unpaired) electrons. The summed E-state index contributed by atoms with van der Waals surface area (Å²) in [5.74, 6) is 0. The van der Waals surface area contributed by atoms with Crippen LogP contribution in [0.1, 0.15) is 24.7 Å². The Morgan fingerprint density at radius 2 is 2.19 bits per heavy atom. The molecule has 1 N–H and O–H groups in total. The number of rotatable bonds is 6. The van der Waals surface area contributed by atoms with E-state index in [9.17, 15) is 0 Å². The topological polar surface area (TPSA) is 28.2 Å². The van der Waals surface area contributed by atoms with Crippen molar-refractivity contribution in [1.29, 1.82) is 0 Å². The Morgan fingerprint density at radius 1 is 1.44 bits per heavy atom. The molecule has 1 aromatic rings. The molecule has 1 atom stereocenters. The van der Waals surface area contributed by atoms with E-state index in [1.165, 1.54) is 6.42 Å². The first kappa shape index (κ1) is 13.1. The first-order valence-electron chi connectivity index (χ1n) is 5.90. The van der Waals surface area contributed by atoms with Crippen LogP contribution in [0.15, 0.2) is 18.2 Å². The molecule has 1 aromatic heterocycles. The zero-order chi connectivity index (χ0) is 12.0. The van der Waals surface area contributed by atoms with Crippen LogP contribution in [-0.2, 0) is 6.54 Å². The highest BCUT2D eigenvalue weighted by Crippen LogP contribution is 2.03. The Bertz CT molecular complexity index is 312. The van der Waals surface area contributed by atoms with Gasteiger partial charge in [0.25, 0.3) is 0 Å². The minimum atomic E-state index is 0.577. The lowest BCUT2D eigenvalue weighted by molar-refractivity contribution is 0.303. The summed E-state index contributed by atoms with van der Waals surface area (Å²) in [5.41, 5.74) is 2.24. The molecule has 0 fully saturated rings. The Hall–Kier alpha value is -0.930. The molecule has 0 aliphatic carbocycles. The quantitative estimate of drug-likeness (QED) is 0.794. The molecule has 3 heteroatoms. The van der Waals surface area contributed by atoms with E-state index in [-0.39, 0.29) is 0 Å². The number of pyridine rings is 1. The van der Waals surface area contributed by atoms with Gasteiger partial charge in [-0.3, -0.25) is 4.98 Å². The molecule has 0 aromatic carbocycles. The van der Waals surface area contributed by atoms with Crippen LogP contribution in [0, 0.1) is 6.92 Å². The second kappa shape index (κ2) is 6.61. The number of aryl methyl sites for hydroxylation is 1. The van der Waals surface area contributed by atoms with Crippen LogP contribution < -0.4 is 5.32 Å². The molecule has 1 heterocycles. The van der Waals surface area contributed by atoms with E-state index in [0.29, 0.717) is 6.04 Å². The van der Waals surface area contributed by atoms with Crippen molar-refractivity contribution in [2.24, 2.45) is 0 Å². The smallest absolute Gasteiger partial charge is 0.0547 e. The first-order valence-corrected chi connectivity index (χ1v) is 5.90. The van der Waals surface area contributed by atoms with Crippen LogP contribution in [0.4, 0.5) is 0 Å². The molecule has 16 heavy (non-hydrogen) atoms. The lowest BCUT2D eigenvalue weighted by Crippen LogP contribution is -2.28. The van der Waals surface area contributed by atoms with Crippen molar-refractivity contribution >= 4 is 0 Å². The average Bonchev–Trinajstić information content (AvgIpc) is 2.26. The lowest BCUT2D eigenvalue weighted by Gasteiger charge is -2.18. The van der Waals surface area contributed by atoms with Gasteiger partial charge in [-0.1, -0.05) is 6.07 Å². The van der Waals surface area contributed by atoms with Crippen molar-refractivity contribution in [1.82, 2.24) is 15.2 Å². The third-order valence-corrected chi connectivity index (χ3v) is 2.81. The number of hydrogen-bond acceptors (Lipinski definition) is 3. The molecule has 0 bridgehead atoms. The molecule has 1 unspecified atom stereocenters. The fraction of sp³-hybridized carbons (Fsp3) is 0.615. The maximum Gasteiger partial charge on any atom is 0.0547 e. The summed E-state index contributed by atoms with van der Waals surface area (Å²) >= 11 is 0. The van der Waals surface area contributed by atoms with Crippen LogP contribution in [0.2, 0.25) is 0 Å². The predicted octanol–water partition coefficient (Wildman–Crippen LogP) is 1.82. The molecule has 0 aliphatic heterocycles. The molecular formula is C13H23N3. The predicted molar refractivity (Wildman–Crippen MR) is 68.4 cm³/mol. The molecule has 0 aliphatic rings. The summed E-state index contributed by atoms with van der Waals surface area (Å²) in [4.78, 5) is 6.82. The Balaban J connectivity index is 2.36. The second-order valence-corrected chi connectivity index (χ2v) is 4.49. The summed E-state index contributed by atoms with van der Waals surface area (Å²) in [5, 5.41) is 3.25. The third-order valence-electron chi connectivity index (χ3n) is 2.81. The number of hydrogen-bond donors (Lipinski definition) is 1. The molecule has 3 nitrogen and oxygen atoms in total. The summed E-state index contributed by atoms with van der Waals surface area (Å²) < 4.78 is 0. The molecular weight excluding hydrogens is 198 g/mol. The largest absolute Gasteiger partial charge is 0.317 e. The van der Waals surface area contributed by atoms with Crippen LogP contribution >= 0.6 is 0 Å². The van der Waals surface area contributed by atoms with Crippen molar-refractivity contribution < 1.29 is 0 Å². The molecule has 0 saturated carbocycles. The van der Waals surface area contributed by atoms with Gasteiger partial charge in [0, 0.05) is 18.3 Å². The van der Waals surface area contributed by atoms with E-state index in [1.54, 1.807) is 0 Å². The van der Waals surface area contributed by atoms with Crippen molar-refractivity contribution in [3.63, 3.8) is 0 Å². The molecule has 90 valence electrons. The van der Waals surface area contributed by atoms with Crippen molar-refractivity contribution in [3.05, 3.63) is 29.6 Å².